The highest BCUT2D eigenvalue weighted by atomic mass is 16.6. The van der Waals surface area contributed by atoms with Gasteiger partial charge in [-0.3, -0.25) is 25.0 Å². The molecule has 0 spiro atoms. The van der Waals surface area contributed by atoms with Gasteiger partial charge in [0, 0.05) is 18.2 Å². The smallest absolute Gasteiger partial charge is 0.311 e. The Morgan fingerprint density at radius 3 is 2.44 bits per heavy atom. The normalized spacial score (nSPS) is 10.2. The standard InChI is InChI=1S/C16H15N3O6/c1-10-3-6-15(14(7-10)19(23)24)25-9-16(20)17-13-8-12(18(21)22)5-4-11(13)2/h3-8H,9H2,1-2H3,(H,17,20). The van der Waals surface area contributed by atoms with E-state index in [9.17, 15) is 25.0 Å². The zero-order chi connectivity index (χ0) is 18.6. The monoisotopic (exact) mass is 345 g/mol. The van der Waals surface area contributed by atoms with Crippen LogP contribution in [0.15, 0.2) is 36.4 Å². The van der Waals surface area contributed by atoms with Crippen molar-refractivity contribution in [3.63, 3.8) is 0 Å². The number of nitro groups is 2. The molecular formula is C16H15N3O6. The number of hydrogen-bond acceptors (Lipinski definition) is 6. The van der Waals surface area contributed by atoms with Gasteiger partial charge in [0.1, 0.15) is 0 Å². The Bertz CT molecular complexity index is 850. The number of rotatable bonds is 6. The van der Waals surface area contributed by atoms with E-state index < -0.39 is 22.4 Å². The van der Waals surface area contributed by atoms with Crippen molar-refractivity contribution in [2.75, 3.05) is 11.9 Å². The predicted octanol–water partition coefficient (Wildman–Crippen LogP) is 3.14. The summed E-state index contributed by atoms with van der Waals surface area (Å²) >= 11 is 0. The number of hydrogen-bond donors (Lipinski definition) is 1. The van der Waals surface area contributed by atoms with E-state index in [1.807, 2.05) is 0 Å². The van der Waals surface area contributed by atoms with Crippen LogP contribution < -0.4 is 10.1 Å². The van der Waals surface area contributed by atoms with E-state index in [1.54, 1.807) is 19.9 Å². The summed E-state index contributed by atoms with van der Waals surface area (Å²) in [5.74, 6) is -0.611. The van der Waals surface area contributed by atoms with Crippen LogP contribution in [-0.2, 0) is 4.79 Å². The molecule has 0 aliphatic heterocycles. The van der Waals surface area contributed by atoms with Crippen molar-refractivity contribution in [3.8, 4) is 5.75 Å². The molecule has 1 N–H and O–H groups in total. The summed E-state index contributed by atoms with van der Waals surface area (Å²) < 4.78 is 5.22. The number of amides is 1. The summed E-state index contributed by atoms with van der Waals surface area (Å²) in [4.78, 5) is 32.6. The molecule has 1 amide bonds. The molecule has 0 saturated carbocycles. The third-order valence-electron chi connectivity index (χ3n) is 3.38. The van der Waals surface area contributed by atoms with Gasteiger partial charge in [-0.2, -0.15) is 0 Å². The Hall–Kier alpha value is -3.49. The highest BCUT2D eigenvalue weighted by Crippen LogP contribution is 2.28. The number of nitro benzene ring substituents is 2. The average molecular weight is 345 g/mol. The van der Waals surface area contributed by atoms with Crippen molar-refractivity contribution in [2.24, 2.45) is 0 Å². The number of nitrogens with one attached hydrogen (secondary N) is 1. The van der Waals surface area contributed by atoms with Crippen molar-refractivity contribution in [1.29, 1.82) is 0 Å². The number of ether oxygens (including phenoxy) is 1. The predicted molar refractivity (Wildman–Crippen MR) is 89.8 cm³/mol. The maximum atomic E-state index is 12.0. The number of benzene rings is 2. The molecule has 25 heavy (non-hydrogen) atoms. The first-order valence-electron chi connectivity index (χ1n) is 7.20. The molecule has 0 atom stereocenters. The molecule has 0 radical (unpaired) electrons. The van der Waals surface area contributed by atoms with Crippen molar-refractivity contribution in [2.45, 2.75) is 13.8 Å². The molecule has 130 valence electrons. The second-order valence-electron chi connectivity index (χ2n) is 5.32. The first kappa shape index (κ1) is 17.9. The maximum Gasteiger partial charge on any atom is 0.311 e. The van der Waals surface area contributed by atoms with Gasteiger partial charge in [-0.25, -0.2) is 0 Å². The van der Waals surface area contributed by atoms with Gasteiger partial charge in [0.25, 0.3) is 11.6 Å². The first-order chi connectivity index (χ1) is 11.8. The molecule has 9 nitrogen and oxygen atoms in total. The topological polar surface area (TPSA) is 125 Å². The van der Waals surface area contributed by atoms with E-state index >= 15 is 0 Å². The van der Waals surface area contributed by atoms with Crippen molar-refractivity contribution in [3.05, 3.63) is 67.8 Å². The van der Waals surface area contributed by atoms with Crippen molar-refractivity contribution >= 4 is 23.0 Å². The van der Waals surface area contributed by atoms with E-state index in [1.165, 1.54) is 30.3 Å². The zero-order valence-corrected chi connectivity index (χ0v) is 13.5. The Labute approximate surface area is 142 Å². The van der Waals surface area contributed by atoms with Crippen LogP contribution in [-0.4, -0.2) is 22.4 Å². The lowest BCUT2D eigenvalue weighted by Gasteiger charge is -2.10. The lowest BCUT2D eigenvalue weighted by atomic mass is 10.2. The van der Waals surface area contributed by atoms with E-state index in [2.05, 4.69) is 5.32 Å². The third kappa shape index (κ3) is 4.50. The van der Waals surface area contributed by atoms with Gasteiger partial charge in [0.2, 0.25) is 0 Å². The van der Waals surface area contributed by atoms with Crippen molar-refractivity contribution in [1.82, 2.24) is 0 Å². The highest BCUT2D eigenvalue weighted by Gasteiger charge is 2.17. The SMILES string of the molecule is Cc1ccc(OCC(=O)Nc2cc([N+](=O)[O-])ccc2C)c([N+](=O)[O-])c1. The lowest BCUT2D eigenvalue weighted by Crippen LogP contribution is -2.21. The summed E-state index contributed by atoms with van der Waals surface area (Å²) in [6.45, 7) is 2.92. The van der Waals surface area contributed by atoms with E-state index in [4.69, 9.17) is 4.74 Å². The molecule has 2 rings (SSSR count). The Balaban J connectivity index is 2.08. The molecule has 0 aromatic heterocycles. The summed E-state index contributed by atoms with van der Waals surface area (Å²) in [7, 11) is 0. The highest BCUT2D eigenvalue weighted by molar-refractivity contribution is 5.93. The average Bonchev–Trinajstić information content (AvgIpc) is 2.55. The van der Waals surface area contributed by atoms with Gasteiger partial charge < -0.3 is 10.1 Å². The van der Waals surface area contributed by atoms with Gasteiger partial charge in [-0.15, -0.1) is 0 Å². The Morgan fingerprint density at radius 2 is 1.80 bits per heavy atom. The second kappa shape index (κ2) is 7.39. The minimum Gasteiger partial charge on any atom is -0.477 e. The summed E-state index contributed by atoms with van der Waals surface area (Å²) in [5, 5.41) is 24.3. The van der Waals surface area contributed by atoms with Crippen LogP contribution in [0.3, 0.4) is 0 Å². The molecule has 0 bridgehead atoms. The lowest BCUT2D eigenvalue weighted by molar-refractivity contribution is -0.385. The minimum atomic E-state index is -0.592. The minimum absolute atomic E-state index is 0.0264. The fourth-order valence-corrected chi connectivity index (χ4v) is 2.08. The van der Waals surface area contributed by atoms with Crippen LogP contribution in [0.25, 0.3) is 0 Å². The van der Waals surface area contributed by atoms with E-state index in [0.29, 0.717) is 11.1 Å². The van der Waals surface area contributed by atoms with Crippen LogP contribution in [0.5, 0.6) is 5.75 Å². The fraction of sp³-hybridized carbons (Fsp3) is 0.188. The molecule has 0 saturated heterocycles. The molecule has 0 heterocycles. The fourth-order valence-electron chi connectivity index (χ4n) is 2.08. The van der Waals surface area contributed by atoms with Crippen LogP contribution in [0.2, 0.25) is 0 Å². The van der Waals surface area contributed by atoms with Gasteiger partial charge >= 0.3 is 5.69 Å². The number of nitrogens with zero attached hydrogens (tertiary/aromatic N) is 2. The molecule has 0 unspecified atom stereocenters. The largest absolute Gasteiger partial charge is 0.477 e. The second-order valence-corrected chi connectivity index (χ2v) is 5.32. The van der Waals surface area contributed by atoms with Gasteiger partial charge in [0.05, 0.1) is 15.5 Å². The molecule has 2 aromatic carbocycles. The molecule has 0 aliphatic rings. The number of carbonyl (C=O) groups is 1. The van der Waals surface area contributed by atoms with Crippen LogP contribution in [0, 0.1) is 34.1 Å². The first-order valence-corrected chi connectivity index (χ1v) is 7.20. The van der Waals surface area contributed by atoms with Crippen LogP contribution >= 0.6 is 0 Å². The summed E-state index contributed by atoms with van der Waals surface area (Å²) in [6.07, 6.45) is 0. The van der Waals surface area contributed by atoms with Crippen molar-refractivity contribution < 1.29 is 19.4 Å². The summed E-state index contributed by atoms with van der Waals surface area (Å²) in [6, 6.07) is 8.47. The molecule has 0 fully saturated rings. The summed E-state index contributed by atoms with van der Waals surface area (Å²) in [5.41, 5.74) is 1.22. The molecule has 9 heteroatoms. The number of aryl methyl sites for hydroxylation is 2. The van der Waals surface area contributed by atoms with Gasteiger partial charge in [-0.05, 0) is 31.0 Å². The van der Waals surface area contributed by atoms with Gasteiger partial charge in [-0.1, -0.05) is 12.1 Å². The van der Waals surface area contributed by atoms with E-state index in [-0.39, 0.29) is 22.8 Å². The number of carbonyl (C=O) groups excluding carboxylic acids is 1. The maximum absolute atomic E-state index is 12.0. The number of non-ortho nitro benzene ring substituents is 1. The van der Waals surface area contributed by atoms with E-state index in [0.717, 1.165) is 0 Å². The Kier molecular flexibility index (Phi) is 5.28. The number of anilines is 1. The molecular weight excluding hydrogens is 330 g/mol. The van der Waals surface area contributed by atoms with Crippen LogP contribution in [0.1, 0.15) is 11.1 Å². The Morgan fingerprint density at radius 1 is 1.08 bits per heavy atom. The quantitative estimate of drug-likeness (QED) is 0.633. The molecule has 0 aliphatic carbocycles. The van der Waals surface area contributed by atoms with Crippen LogP contribution in [0.4, 0.5) is 17.1 Å². The molecule has 2 aromatic rings. The van der Waals surface area contributed by atoms with Gasteiger partial charge in [0.15, 0.2) is 12.4 Å². The zero-order valence-electron chi connectivity index (χ0n) is 13.5. The third-order valence-corrected chi connectivity index (χ3v) is 3.38.